The zero-order valence-corrected chi connectivity index (χ0v) is 6.24. The van der Waals surface area contributed by atoms with Crippen LogP contribution in [0, 0.1) is 0 Å². The lowest BCUT2D eigenvalue weighted by molar-refractivity contribution is 0.284. The molecule has 54 valence electrons. The van der Waals surface area contributed by atoms with Crippen molar-refractivity contribution in [3.63, 3.8) is 0 Å². The largest absolute Gasteiger partial charge is 0.282 e. The molecule has 0 aromatic rings. The second-order valence-corrected chi connectivity index (χ2v) is 2.35. The predicted molar refractivity (Wildman–Crippen MR) is 38.0 cm³/mol. The summed E-state index contributed by atoms with van der Waals surface area (Å²) in [5, 5.41) is 2.68. The van der Waals surface area contributed by atoms with E-state index < -0.39 is 6.30 Å². The van der Waals surface area contributed by atoms with Gasteiger partial charge < -0.3 is 0 Å². The van der Waals surface area contributed by atoms with Crippen LogP contribution in [0.4, 0.5) is 4.39 Å². The third-order valence-electron chi connectivity index (χ3n) is 1.22. The van der Waals surface area contributed by atoms with Crippen molar-refractivity contribution in [1.29, 1.82) is 0 Å². The molecule has 0 amide bonds. The lowest BCUT2D eigenvalue weighted by Gasteiger charge is -2.13. The number of nitrogens with one attached hydrogen (secondary N) is 1. The topological polar surface area (TPSA) is 12.0 Å². The second kappa shape index (κ2) is 3.62. The van der Waals surface area contributed by atoms with Crippen LogP contribution in [0.15, 0.2) is 12.2 Å². The van der Waals surface area contributed by atoms with Gasteiger partial charge in [-0.15, -0.1) is 0 Å². The van der Waals surface area contributed by atoms with Gasteiger partial charge in [-0.25, -0.2) is 4.39 Å². The van der Waals surface area contributed by atoms with E-state index >= 15 is 0 Å². The summed E-state index contributed by atoms with van der Waals surface area (Å²) in [5.41, 5.74) is 0.958. The van der Waals surface area contributed by atoms with Crippen molar-refractivity contribution in [2.75, 3.05) is 0 Å². The Hall–Kier alpha value is -0.370. The maximum Gasteiger partial charge on any atom is 0.148 e. The highest BCUT2D eigenvalue weighted by molar-refractivity contribution is 4.98. The molecule has 0 spiro atoms. The Labute approximate surface area is 56.0 Å². The maximum atomic E-state index is 12.2. The molecule has 0 saturated heterocycles. The van der Waals surface area contributed by atoms with Crippen molar-refractivity contribution in [3.05, 3.63) is 12.2 Å². The van der Waals surface area contributed by atoms with Gasteiger partial charge in [0.1, 0.15) is 6.30 Å². The molecular formula is C7H14FN. The van der Waals surface area contributed by atoms with Crippen LogP contribution in [0.1, 0.15) is 20.8 Å². The minimum absolute atomic E-state index is 0.0741. The summed E-state index contributed by atoms with van der Waals surface area (Å²) in [5.74, 6) is 0. The smallest absolute Gasteiger partial charge is 0.148 e. The Bertz CT molecular complexity index is 99.1. The summed E-state index contributed by atoms with van der Waals surface area (Å²) < 4.78 is 12.2. The molecule has 0 radical (unpaired) electrons. The molecule has 2 unspecified atom stereocenters. The van der Waals surface area contributed by atoms with Gasteiger partial charge in [0.25, 0.3) is 0 Å². The van der Waals surface area contributed by atoms with Gasteiger partial charge in [0, 0.05) is 6.04 Å². The SMILES string of the molecule is C=C(C)C(C)NC(C)F. The molecule has 0 aliphatic rings. The van der Waals surface area contributed by atoms with Crippen LogP contribution in [0.2, 0.25) is 0 Å². The van der Waals surface area contributed by atoms with Crippen molar-refractivity contribution in [2.45, 2.75) is 33.1 Å². The van der Waals surface area contributed by atoms with Crippen LogP contribution in [0.3, 0.4) is 0 Å². The van der Waals surface area contributed by atoms with E-state index in [9.17, 15) is 4.39 Å². The molecule has 0 aliphatic carbocycles. The molecule has 1 N–H and O–H groups in total. The molecule has 0 rings (SSSR count). The first-order valence-corrected chi connectivity index (χ1v) is 3.09. The van der Waals surface area contributed by atoms with E-state index in [1.807, 2.05) is 13.8 Å². The van der Waals surface area contributed by atoms with Crippen LogP contribution in [-0.4, -0.2) is 12.3 Å². The van der Waals surface area contributed by atoms with Crippen molar-refractivity contribution >= 4 is 0 Å². The van der Waals surface area contributed by atoms with Crippen molar-refractivity contribution < 1.29 is 4.39 Å². The van der Waals surface area contributed by atoms with E-state index in [-0.39, 0.29) is 6.04 Å². The van der Waals surface area contributed by atoms with Crippen molar-refractivity contribution in [1.82, 2.24) is 5.32 Å². The zero-order chi connectivity index (χ0) is 7.44. The van der Waals surface area contributed by atoms with Gasteiger partial charge in [0.05, 0.1) is 0 Å². The molecule has 0 fully saturated rings. The van der Waals surface area contributed by atoms with E-state index in [0.29, 0.717) is 0 Å². The maximum absolute atomic E-state index is 12.2. The summed E-state index contributed by atoms with van der Waals surface area (Å²) in [6.07, 6.45) is -0.948. The Morgan fingerprint density at radius 1 is 1.56 bits per heavy atom. The lowest BCUT2D eigenvalue weighted by Crippen LogP contribution is -2.31. The third-order valence-corrected chi connectivity index (χ3v) is 1.22. The molecule has 1 nitrogen and oxygen atoms in total. The first-order valence-electron chi connectivity index (χ1n) is 3.09. The summed E-state index contributed by atoms with van der Waals surface area (Å²) in [6.45, 7) is 8.91. The quantitative estimate of drug-likeness (QED) is 0.455. The van der Waals surface area contributed by atoms with Gasteiger partial charge >= 0.3 is 0 Å². The van der Waals surface area contributed by atoms with Gasteiger partial charge in [-0.2, -0.15) is 0 Å². The minimum Gasteiger partial charge on any atom is -0.282 e. The van der Waals surface area contributed by atoms with E-state index in [2.05, 4.69) is 11.9 Å². The fraction of sp³-hybridized carbons (Fsp3) is 0.714. The highest BCUT2D eigenvalue weighted by Gasteiger charge is 2.03. The number of rotatable bonds is 3. The standard InChI is InChI=1S/C7H14FN/c1-5(2)6(3)9-7(4)8/h6-7,9H,1H2,2-4H3. The second-order valence-electron chi connectivity index (χ2n) is 2.35. The highest BCUT2D eigenvalue weighted by atomic mass is 19.1. The van der Waals surface area contributed by atoms with E-state index in [0.717, 1.165) is 5.57 Å². The summed E-state index contributed by atoms with van der Waals surface area (Å²) in [6, 6.07) is 0.0741. The Morgan fingerprint density at radius 3 is 2.11 bits per heavy atom. The molecule has 0 aromatic carbocycles. The first-order chi connectivity index (χ1) is 4.04. The van der Waals surface area contributed by atoms with Crippen LogP contribution < -0.4 is 5.32 Å². The monoisotopic (exact) mass is 131 g/mol. The average molecular weight is 131 g/mol. The molecule has 9 heavy (non-hydrogen) atoms. The Kier molecular flexibility index (Phi) is 3.47. The summed E-state index contributed by atoms with van der Waals surface area (Å²) in [7, 11) is 0. The molecule has 0 saturated carbocycles. The Balaban J connectivity index is 3.50. The fourth-order valence-corrected chi connectivity index (χ4v) is 0.487. The van der Waals surface area contributed by atoms with Gasteiger partial charge in [-0.3, -0.25) is 5.32 Å². The van der Waals surface area contributed by atoms with Crippen molar-refractivity contribution in [3.8, 4) is 0 Å². The van der Waals surface area contributed by atoms with Crippen LogP contribution in [0.5, 0.6) is 0 Å². The number of alkyl halides is 1. The molecular weight excluding hydrogens is 117 g/mol. The fourth-order valence-electron chi connectivity index (χ4n) is 0.487. The number of hydrogen-bond acceptors (Lipinski definition) is 1. The van der Waals surface area contributed by atoms with E-state index in [1.165, 1.54) is 6.92 Å². The highest BCUT2D eigenvalue weighted by Crippen LogP contribution is 1.97. The summed E-state index contributed by atoms with van der Waals surface area (Å²) >= 11 is 0. The lowest BCUT2D eigenvalue weighted by atomic mass is 10.2. The molecule has 0 aliphatic heterocycles. The van der Waals surface area contributed by atoms with E-state index in [4.69, 9.17) is 0 Å². The third kappa shape index (κ3) is 4.15. The molecule has 2 heteroatoms. The first kappa shape index (κ1) is 8.63. The minimum atomic E-state index is -0.948. The number of halogens is 1. The van der Waals surface area contributed by atoms with Crippen LogP contribution >= 0.6 is 0 Å². The predicted octanol–water partition coefficient (Wildman–Crippen LogP) is 1.86. The van der Waals surface area contributed by atoms with Gasteiger partial charge in [-0.1, -0.05) is 12.2 Å². The molecule has 0 aromatic heterocycles. The van der Waals surface area contributed by atoms with Crippen LogP contribution in [0.25, 0.3) is 0 Å². The van der Waals surface area contributed by atoms with Crippen LogP contribution in [-0.2, 0) is 0 Å². The number of hydrogen-bond donors (Lipinski definition) is 1. The van der Waals surface area contributed by atoms with E-state index in [1.54, 1.807) is 0 Å². The van der Waals surface area contributed by atoms with Gasteiger partial charge in [0.2, 0.25) is 0 Å². The Morgan fingerprint density at radius 2 is 2.00 bits per heavy atom. The van der Waals surface area contributed by atoms with Gasteiger partial charge in [-0.05, 0) is 20.8 Å². The molecule has 2 atom stereocenters. The van der Waals surface area contributed by atoms with Crippen molar-refractivity contribution in [2.24, 2.45) is 0 Å². The molecule has 0 heterocycles. The summed E-state index contributed by atoms with van der Waals surface area (Å²) in [4.78, 5) is 0. The zero-order valence-electron chi connectivity index (χ0n) is 6.24. The van der Waals surface area contributed by atoms with Gasteiger partial charge in [0.15, 0.2) is 0 Å². The molecule has 0 bridgehead atoms. The normalized spacial score (nSPS) is 16.9. The average Bonchev–Trinajstić information content (AvgIpc) is 1.63.